The number of para-hydroxylation sites is 1. The van der Waals surface area contributed by atoms with Crippen LogP contribution in [0.3, 0.4) is 0 Å². The van der Waals surface area contributed by atoms with E-state index in [2.05, 4.69) is 5.32 Å². The van der Waals surface area contributed by atoms with Gasteiger partial charge in [0.15, 0.2) is 6.10 Å². The molecule has 1 aromatic carbocycles. The van der Waals surface area contributed by atoms with Crippen molar-refractivity contribution in [2.24, 2.45) is 5.92 Å². The maximum Gasteiger partial charge on any atom is 0.419 e. The molecular weight excluding hydrogens is 321 g/mol. The first kappa shape index (κ1) is 18.6. The zero-order valence-electron chi connectivity index (χ0n) is 13.9. The van der Waals surface area contributed by atoms with Crippen LogP contribution in [-0.2, 0) is 11.0 Å². The zero-order valence-corrected chi connectivity index (χ0v) is 13.9. The van der Waals surface area contributed by atoms with Gasteiger partial charge in [0.2, 0.25) is 0 Å². The van der Waals surface area contributed by atoms with E-state index in [9.17, 15) is 18.0 Å². The molecule has 1 aliphatic heterocycles. The Balaban J connectivity index is 2.04. The van der Waals surface area contributed by atoms with E-state index < -0.39 is 17.8 Å². The average molecular weight is 344 g/mol. The highest BCUT2D eigenvalue weighted by atomic mass is 19.4. The molecule has 1 aliphatic rings. The molecule has 2 atom stereocenters. The molecule has 1 heterocycles. The largest absolute Gasteiger partial charge is 0.480 e. The number of alkyl halides is 3. The second-order valence-electron chi connectivity index (χ2n) is 6.10. The number of carbonyl (C=O) groups excluding carboxylic acids is 1. The van der Waals surface area contributed by atoms with Crippen LogP contribution in [0.15, 0.2) is 24.3 Å². The molecule has 0 aliphatic carbocycles. The van der Waals surface area contributed by atoms with E-state index in [1.54, 1.807) is 4.90 Å². The van der Waals surface area contributed by atoms with Gasteiger partial charge in [-0.15, -0.1) is 0 Å². The first-order valence-corrected chi connectivity index (χ1v) is 8.09. The monoisotopic (exact) mass is 344 g/mol. The summed E-state index contributed by atoms with van der Waals surface area (Å²) in [7, 11) is 1.86. The van der Waals surface area contributed by atoms with Crippen LogP contribution in [0.2, 0.25) is 0 Å². The minimum absolute atomic E-state index is 0.271. The fraction of sp³-hybridized carbons (Fsp3) is 0.588. The van der Waals surface area contributed by atoms with E-state index in [4.69, 9.17) is 4.74 Å². The highest BCUT2D eigenvalue weighted by Gasteiger charge is 2.35. The molecule has 0 saturated carbocycles. The Labute approximate surface area is 140 Å². The van der Waals surface area contributed by atoms with E-state index in [0.717, 1.165) is 25.5 Å². The highest BCUT2D eigenvalue weighted by Crippen LogP contribution is 2.36. The number of hydrogen-bond acceptors (Lipinski definition) is 3. The molecule has 0 bridgehead atoms. The molecule has 0 unspecified atom stereocenters. The Bertz CT molecular complexity index is 561. The van der Waals surface area contributed by atoms with Gasteiger partial charge in [0.1, 0.15) is 5.75 Å². The molecule has 134 valence electrons. The summed E-state index contributed by atoms with van der Waals surface area (Å²) in [5, 5.41) is 3.10. The predicted molar refractivity (Wildman–Crippen MR) is 84.8 cm³/mol. The first-order chi connectivity index (χ1) is 11.3. The van der Waals surface area contributed by atoms with Crippen molar-refractivity contribution in [2.75, 3.05) is 26.7 Å². The van der Waals surface area contributed by atoms with Crippen LogP contribution in [-0.4, -0.2) is 43.6 Å². The van der Waals surface area contributed by atoms with Crippen LogP contribution in [0.1, 0.15) is 25.3 Å². The first-order valence-electron chi connectivity index (χ1n) is 8.09. The highest BCUT2D eigenvalue weighted by molar-refractivity contribution is 5.81. The van der Waals surface area contributed by atoms with Crippen LogP contribution in [0.4, 0.5) is 13.2 Å². The molecule has 2 rings (SSSR count). The van der Waals surface area contributed by atoms with Crippen molar-refractivity contribution in [3.8, 4) is 5.75 Å². The number of amides is 1. The smallest absolute Gasteiger partial charge is 0.419 e. The number of ether oxygens (including phenoxy) is 1. The van der Waals surface area contributed by atoms with Crippen LogP contribution < -0.4 is 10.1 Å². The van der Waals surface area contributed by atoms with Gasteiger partial charge < -0.3 is 15.0 Å². The summed E-state index contributed by atoms with van der Waals surface area (Å²) in [5.41, 5.74) is -0.864. The zero-order chi connectivity index (χ0) is 17.7. The van der Waals surface area contributed by atoms with Crippen LogP contribution in [0.5, 0.6) is 5.75 Å². The molecular formula is C17H23F3N2O2. The normalized spacial score (nSPS) is 19.9. The lowest BCUT2D eigenvalue weighted by Crippen LogP contribution is -2.47. The van der Waals surface area contributed by atoms with E-state index in [1.807, 2.05) is 7.05 Å². The maximum atomic E-state index is 13.0. The summed E-state index contributed by atoms with van der Waals surface area (Å²) in [5.74, 6) is -0.218. The van der Waals surface area contributed by atoms with Gasteiger partial charge in [-0.1, -0.05) is 12.1 Å². The molecule has 1 saturated heterocycles. The van der Waals surface area contributed by atoms with Gasteiger partial charge in [-0.05, 0) is 51.4 Å². The van der Waals surface area contributed by atoms with Crippen molar-refractivity contribution in [3.63, 3.8) is 0 Å². The van der Waals surface area contributed by atoms with Gasteiger partial charge in [0.25, 0.3) is 5.91 Å². The SMILES string of the molecule is CNC[C@H]1CCCN(C(=O)[C@@H](C)Oc2ccccc2C(F)(F)F)C1. The van der Waals surface area contributed by atoms with Crippen molar-refractivity contribution in [1.82, 2.24) is 10.2 Å². The third kappa shape index (κ3) is 4.63. The van der Waals surface area contributed by atoms with Crippen molar-refractivity contribution < 1.29 is 22.7 Å². The van der Waals surface area contributed by atoms with Crippen molar-refractivity contribution in [3.05, 3.63) is 29.8 Å². The molecule has 0 radical (unpaired) electrons. The topological polar surface area (TPSA) is 41.6 Å². The minimum Gasteiger partial charge on any atom is -0.480 e. The van der Waals surface area contributed by atoms with Gasteiger partial charge >= 0.3 is 6.18 Å². The van der Waals surface area contributed by atoms with Crippen LogP contribution in [0, 0.1) is 5.92 Å². The Kier molecular flexibility index (Phi) is 6.10. The number of benzene rings is 1. The number of hydrogen-bond donors (Lipinski definition) is 1. The van der Waals surface area contributed by atoms with Crippen molar-refractivity contribution >= 4 is 5.91 Å². The molecule has 1 aromatic rings. The third-order valence-electron chi connectivity index (χ3n) is 4.17. The molecule has 1 fully saturated rings. The molecule has 0 aromatic heterocycles. The molecule has 1 N–H and O–H groups in total. The Morgan fingerprint density at radius 1 is 1.42 bits per heavy atom. The molecule has 1 amide bonds. The summed E-state index contributed by atoms with van der Waals surface area (Å²) in [6.07, 6.45) is -3.54. The van der Waals surface area contributed by atoms with Crippen molar-refractivity contribution in [2.45, 2.75) is 32.0 Å². The number of nitrogens with one attached hydrogen (secondary N) is 1. The molecule has 7 heteroatoms. The van der Waals surface area contributed by atoms with Crippen LogP contribution >= 0.6 is 0 Å². The van der Waals surface area contributed by atoms with Crippen LogP contribution in [0.25, 0.3) is 0 Å². The molecule has 0 spiro atoms. The summed E-state index contributed by atoms with van der Waals surface area (Å²) in [4.78, 5) is 14.2. The lowest BCUT2D eigenvalue weighted by molar-refractivity contribution is -0.144. The Morgan fingerprint density at radius 3 is 2.79 bits per heavy atom. The standard InChI is InChI=1S/C17H23F3N2O2/c1-12(16(23)22-9-5-6-13(11-22)10-21-2)24-15-8-4-3-7-14(15)17(18,19)20/h3-4,7-8,12-13,21H,5-6,9-11H2,1-2H3/t12-,13-/m1/s1. The number of halogens is 3. The van der Waals surface area contributed by atoms with Gasteiger partial charge in [-0.2, -0.15) is 13.2 Å². The summed E-state index contributed by atoms with van der Waals surface area (Å²) < 4.78 is 44.4. The fourth-order valence-electron chi connectivity index (χ4n) is 3.02. The summed E-state index contributed by atoms with van der Waals surface area (Å²) in [6, 6.07) is 4.96. The second-order valence-corrected chi connectivity index (χ2v) is 6.10. The molecule has 24 heavy (non-hydrogen) atoms. The van der Waals surface area contributed by atoms with E-state index in [-0.39, 0.29) is 11.7 Å². The summed E-state index contributed by atoms with van der Waals surface area (Å²) >= 11 is 0. The second kappa shape index (κ2) is 7.88. The van der Waals surface area contributed by atoms with Gasteiger partial charge in [0.05, 0.1) is 5.56 Å². The number of rotatable bonds is 5. The average Bonchev–Trinajstić information content (AvgIpc) is 2.54. The minimum atomic E-state index is -4.51. The van der Waals surface area contributed by atoms with E-state index in [1.165, 1.54) is 25.1 Å². The number of nitrogens with zero attached hydrogens (tertiary/aromatic N) is 1. The number of piperidine rings is 1. The quantitative estimate of drug-likeness (QED) is 0.893. The van der Waals surface area contributed by atoms with Gasteiger partial charge in [-0.3, -0.25) is 4.79 Å². The van der Waals surface area contributed by atoms with Gasteiger partial charge in [0, 0.05) is 13.1 Å². The Morgan fingerprint density at radius 2 is 2.12 bits per heavy atom. The van der Waals surface area contributed by atoms with Gasteiger partial charge in [-0.25, -0.2) is 0 Å². The number of carbonyl (C=O) groups is 1. The third-order valence-corrected chi connectivity index (χ3v) is 4.17. The number of likely N-dealkylation sites (tertiary alicyclic amines) is 1. The predicted octanol–water partition coefficient (Wildman–Crippen LogP) is 2.93. The van der Waals surface area contributed by atoms with E-state index in [0.29, 0.717) is 19.0 Å². The Hall–Kier alpha value is -1.76. The fourth-order valence-corrected chi connectivity index (χ4v) is 3.02. The maximum absolute atomic E-state index is 13.0. The lowest BCUT2D eigenvalue weighted by atomic mass is 9.97. The van der Waals surface area contributed by atoms with E-state index >= 15 is 0 Å². The molecule has 4 nitrogen and oxygen atoms in total. The van der Waals surface area contributed by atoms with Crippen molar-refractivity contribution in [1.29, 1.82) is 0 Å². The summed E-state index contributed by atoms with van der Waals surface area (Å²) in [6.45, 7) is 3.54. The lowest BCUT2D eigenvalue weighted by Gasteiger charge is -2.34.